The number of para-hydroxylation sites is 1. The summed E-state index contributed by atoms with van der Waals surface area (Å²) in [4.78, 5) is 30.4. The maximum atomic E-state index is 13.0. The summed E-state index contributed by atoms with van der Waals surface area (Å²) in [5.74, 6) is -0.0737. The van der Waals surface area contributed by atoms with E-state index in [0.717, 1.165) is 22.2 Å². The van der Waals surface area contributed by atoms with Gasteiger partial charge in [-0.05, 0) is 63.1 Å². The number of esters is 1. The molecular formula is C24H25NO4. The monoisotopic (exact) mass is 391 g/mol. The number of ether oxygens (including phenoxy) is 2. The third-order valence-electron chi connectivity index (χ3n) is 4.88. The second-order valence-corrected chi connectivity index (χ2v) is 6.80. The van der Waals surface area contributed by atoms with Gasteiger partial charge in [-0.25, -0.2) is 4.79 Å². The van der Waals surface area contributed by atoms with Crippen LogP contribution in [0, 0.1) is 6.92 Å². The Morgan fingerprint density at radius 2 is 1.72 bits per heavy atom. The zero-order valence-corrected chi connectivity index (χ0v) is 17.2. The van der Waals surface area contributed by atoms with Gasteiger partial charge in [-0.2, -0.15) is 0 Å². The molecule has 0 spiro atoms. The Balaban J connectivity index is 1.86. The smallest absolute Gasteiger partial charge is 0.339 e. The Kier molecular flexibility index (Phi) is 6.27. The molecule has 0 radical (unpaired) electrons. The molecule has 3 aromatic rings. The highest BCUT2D eigenvalue weighted by atomic mass is 16.5. The molecule has 0 amide bonds. The Labute approximate surface area is 170 Å². The predicted octanol–water partition coefficient (Wildman–Crippen LogP) is 4.93. The molecule has 5 nitrogen and oxygen atoms in total. The van der Waals surface area contributed by atoms with Gasteiger partial charge in [0, 0.05) is 16.6 Å². The molecule has 0 bridgehead atoms. The number of rotatable bonds is 7. The fourth-order valence-corrected chi connectivity index (χ4v) is 3.36. The molecule has 1 atom stereocenters. The molecule has 3 rings (SSSR count). The van der Waals surface area contributed by atoms with Crippen molar-refractivity contribution in [3.05, 3.63) is 70.9 Å². The maximum absolute atomic E-state index is 13.0. The number of benzene rings is 2. The molecule has 0 saturated heterocycles. The van der Waals surface area contributed by atoms with E-state index in [1.54, 1.807) is 31.2 Å². The van der Waals surface area contributed by atoms with Crippen LogP contribution in [0.3, 0.4) is 0 Å². The Morgan fingerprint density at radius 1 is 1.03 bits per heavy atom. The fourth-order valence-electron chi connectivity index (χ4n) is 3.36. The number of aryl methyl sites for hydroxylation is 1. The summed E-state index contributed by atoms with van der Waals surface area (Å²) in [7, 11) is 0. The molecule has 0 aliphatic carbocycles. The molecule has 0 N–H and O–H groups in total. The van der Waals surface area contributed by atoms with Gasteiger partial charge in [-0.15, -0.1) is 0 Å². The van der Waals surface area contributed by atoms with Crippen LogP contribution in [0.15, 0.2) is 48.5 Å². The van der Waals surface area contributed by atoms with E-state index in [1.807, 2.05) is 45.0 Å². The van der Waals surface area contributed by atoms with Crippen LogP contribution in [0.2, 0.25) is 0 Å². The number of Topliss-reactive ketones (excluding diaryl/α,β-unsaturated/α-hetero) is 1. The SMILES string of the molecule is CCOc1ccc(C(=O)[C@@H](C)OC(=O)c2c(C)c(CC)nc3ccccc23)cc1. The maximum Gasteiger partial charge on any atom is 0.339 e. The van der Waals surface area contributed by atoms with Crippen molar-refractivity contribution in [3.63, 3.8) is 0 Å². The van der Waals surface area contributed by atoms with Gasteiger partial charge in [0.25, 0.3) is 0 Å². The van der Waals surface area contributed by atoms with Crippen LogP contribution < -0.4 is 4.74 Å². The lowest BCUT2D eigenvalue weighted by Crippen LogP contribution is -2.25. The second kappa shape index (κ2) is 8.86. The molecule has 1 aromatic heterocycles. The minimum absolute atomic E-state index is 0.256. The molecule has 0 aliphatic rings. The number of carbonyl (C=O) groups is 2. The van der Waals surface area contributed by atoms with Crippen LogP contribution in [0.5, 0.6) is 5.75 Å². The zero-order chi connectivity index (χ0) is 21.0. The first kappa shape index (κ1) is 20.5. The predicted molar refractivity (Wildman–Crippen MR) is 113 cm³/mol. The molecule has 0 unspecified atom stereocenters. The van der Waals surface area contributed by atoms with Gasteiger partial charge < -0.3 is 9.47 Å². The van der Waals surface area contributed by atoms with Gasteiger partial charge in [0.1, 0.15) is 5.75 Å². The largest absolute Gasteiger partial charge is 0.494 e. The topological polar surface area (TPSA) is 65.5 Å². The van der Waals surface area contributed by atoms with Crippen molar-refractivity contribution in [1.82, 2.24) is 4.98 Å². The lowest BCUT2D eigenvalue weighted by molar-refractivity contribution is 0.0320. The molecule has 150 valence electrons. The number of hydrogen-bond donors (Lipinski definition) is 0. The first-order valence-corrected chi connectivity index (χ1v) is 9.82. The third-order valence-corrected chi connectivity index (χ3v) is 4.88. The minimum atomic E-state index is -0.906. The van der Waals surface area contributed by atoms with Crippen LogP contribution in [-0.2, 0) is 11.2 Å². The van der Waals surface area contributed by atoms with E-state index in [1.165, 1.54) is 0 Å². The van der Waals surface area contributed by atoms with Gasteiger partial charge >= 0.3 is 5.97 Å². The van der Waals surface area contributed by atoms with Crippen LogP contribution in [0.4, 0.5) is 0 Å². The van der Waals surface area contributed by atoms with Crippen molar-refractivity contribution in [2.75, 3.05) is 6.61 Å². The van der Waals surface area contributed by atoms with Crippen molar-refractivity contribution in [2.24, 2.45) is 0 Å². The van der Waals surface area contributed by atoms with Crippen LogP contribution >= 0.6 is 0 Å². The lowest BCUT2D eigenvalue weighted by atomic mass is 10.00. The molecule has 0 aliphatic heterocycles. The van der Waals surface area contributed by atoms with Crippen LogP contribution in [0.25, 0.3) is 10.9 Å². The number of hydrogen-bond acceptors (Lipinski definition) is 5. The minimum Gasteiger partial charge on any atom is -0.494 e. The van der Waals surface area contributed by atoms with E-state index in [4.69, 9.17) is 9.47 Å². The van der Waals surface area contributed by atoms with Gasteiger partial charge in [0.05, 0.1) is 17.7 Å². The normalized spacial score (nSPS) is 11.9. The third kappa shape index (κ3) is 4.29. The highest BCUT2D eigenvalue weighted by Gasteiger charge is 2.24. The molecule has 1 heterocycles. The second-order valence-electron chi connectivity index (χ2n) is 6.80. The zero-order valence-electron chi connectivity index (χ0n) is 17.2. The van der Waals surface area contributed by atoms with Gasteiger partial charge in [0.15, 0.2) is 6.10 Å². The molecular weight excluding hydrogens is 366 g/mol. The standard InChI is InChI=1S/C24H25NO4/c1-5-20-15(3)22(19-9-7-8-10-21(19)25-20)24(27)29-16(4)23(26)17-11-13-18(14-12-17)28-6-2/h7-14,16H,5-6H2,1-4H3/t16-/m1/s1. The fraction of sp³-hybridized carbons (Fsp3) is 0.292. The number of carbonyl (C=O) groups excluding carboxylic acids is 2. The first-order valence-electron chi connectivity index (χ1n) is 9.82. The molecule has 0 saturated carbocycles. The lowest BCUT2D eigenvalue weighted by Gasteiger charge is -2.16. The summed E-state index contributed by atoms with van der Waals surface area (Å²) in [6.07, 6.45) is -0.200. The highest BCUT2D eigenvalue weighted by molar-refractivity contribution is 6.07. The van der Waals surface area contributed by atoms with E-state index in [9.17, 15) is 9.59 Å². The Morgan fingerprint density at radius 3 is 2.38 bits per heavy atom. The average Bonchev–Trinajstić information content (AvgIpc) is 2.73. The summed E-state index contributed by atoms with van der Waals surface area (Å²) in [5, 5.41) is 0.730. The van der Waals surface area contributed by atoms with E-state index in [2.05, 4.69) is 4.98 Å². The number of fused-ring (bicyclic) bond motifs is 1. The first-order chi connectivity index (χ1) is 14.0. The molecule has 5 heteroatoms. The van der Waals surface area contributed by atoms with Gasteiger partial charge in [-0.3, -0.25) is 9.78 Å². The van der Waals surface area contributed by atoms with Crippen molar-refractivity contribution >= 4 is 22.7 Å². The molecule has 29 heavy (non-hydrogen) atoms. The van der Waals surface area contributed by atoms with E-state index >= 15 is 0 Å². The van der Waals surface area contributed by atoms with Gasteiger partial charge in [0.2, 0.25) is 5.78 Å². The molecule has 0 fully saturated rings. The Bertz CT molecular complexity index is 1040. The quantitative estimate of drug-likeness (QED) is 0.422. The summed E-state index contributed by atoms with van der Waals surface area (Å²) < 4.78 is 11.0. The Hall–Kier alpha value is -3.21. The summed E-state index contributed by atoms with van der Waals surface area (Å²) in [5.41, 5.74) is 3.32. The average molecular weight is 391 g/mol. The number of aromatic nitrogens is 1. The van der Waals surface area contributed by atoms with E-state index in [-0.39, 0.29) is 5.78 Å². The van der Waals surface area contributed by atoms with Crippen molar-refractivity contribution in [2.45, 2.75) is 40.2 Å². The summed E-state index contributed by atoms with van der Waals surface area (Å²) in [6, 6.07) is 14.3. The number of ketones is 1. The number of pyridine rings is 1. The van der Waals surface area contributed by atoms with Crippen LogP contribution in [-0.4, -0.2) is 29.4 Å². The van der Waals surface area contributed by atoms with Gasteiger partial charge in [-0.1, -0.05) is 25.1 Å². The van der Waals surface area contributed by atoms with Crippen molar-refractivity contribution in [3.8, 4) is 5.75 Å². The number of nitrogens with zero attached hydrogens (tertiary/aromatic N) is 1. The summed E-state index contributed by atoms with van der Waals surface area (Å²) >= 11 is 0. The van der Waals surface area contributed by atoms with E-state index < -0.39 is 12.1 Å². The van der Waals surface area contributed by atoms with Crippen LogP contribution in [0.1, 0.15) is 52.7 Å². The summed E-state index contributed by atoms with van der Waals surface area (Å²) in [6.45, 7) is 7.91. The van der Waals surface area contributed by atoms with Crippen molar-refractivity contribution < 1.29 is 19.1 Å². The highest BCUT2D eigenvalue weighted by Crippen LogP contribution is 2.25. The van der Waals surface area contributed by atoms with E-state index in [0.29, 0.717) is 29.9 Å². The van der Waals surface area contributed by atoms with Crippen molar-refractivity contribution in [1.29, 1.82) is 0 Å². The molecule has 2 aromatic carbocycles.